The molecule has 1 aromatic carbocycles. The topological polar surface area (TPSA) is 61.9 Å². The molecule has 7 heteroatoms. The average Bonchev–Trinajstić information content (AvgIpc) is 2.99. The molecule has 4 rings (SSSR count). The van der Waals surface area contributed by atoms with Gasteiger partial charge in [0.15, 0.2) is 0 Å². The Labute approximate surface area is 173 Å². The number of alkyl halides is 1. The zero-order valence-electron chi connectivity index (χ0n) is 16.1. The van der Waals surface area contributed by atoms with E-state index < -0.39 is 0 Å². The third-order valence-corrected chi connectivity index (χ3v) is 6.94. The van der Waals surface area contributed by atoms with E-state index in [1.807, 2.05) is 38.1 Å². The molecule has 0 fully saturated rings. The van der Waals surface area contributed by atoms with E-state index in [1.54, 1.807) is 25.6 Å². The summed E-state index contributed by atoms with van der Waals surface area (Å²) in [6.07, 6.45) is 3.41. The third kappa shape index (κ3) is 2.90. The average molecular weight is 487 g/mol. The van der Waals surface area contributed by atoms with Crippen LogP contribution < -0.4 is 31.5 Å². The van der Waals surface area contributed by atoms with Crippen molar-refractivity contribution in [1.82, 2.24) is 19.3 Å². The first-order chi connectivity index (χ1) is 13.6. The van der Waals surface area contributed by atoms with E-state index >= 15 is 0 Å². The van der Waals surface area contributed by atoms with Crippen LogP contribution in [0.3, 0.4) is 0 Å². The van der Waals surface area contributed by atoms with E-state index in [2.05, 4.69) is 25.6 Å². The fraction of sp³-hybridized carbons (Fsp3) is 0.190. The van der Waals surface area contributed by atoms with Crippen LogP contribution in [0.15, 0.2) is 53.6 Å². The molecular weight excluding hydrogens is 467 g/mol. The predicted molar refractivity (Wildman–Crippen MR) is 105 cm³/mol. The summed E-state index contributed by atoms with van der Waals surface area (Å²) in [6.45, 7) is 4.01. The SMILES string of the molecule is COc1ccc([I-]C)c(-n2c(C)c3cnn(-c4ccccn4)c(=O)c3c2C)c1. The van der Waals surface area contributed by atoms with Crippen LogP contribution in [-0.4, -0.2) is 31.4 Å². The van der Waals surface area contributed by atoms with E-state index in [-0.39, 0.29) is 26.8 Å². The van der Waals surface area contributed by atoms with Crippen molar-refractivity contribution in [2.45, 2.75) is 13.8 Å². The van der Waals surface area contributed by atoms with E-state index in [4.69, 9.17) is 4.74 Å². The molecule has 0 saturated carbocycles. The molecular formula is C21H20IN4O2-. The van der Waals surface area contributed by atoms with E-state index in [1.165, 1.54) is 8.25 Å². The third-order valence-electron chi connectivity index (χ3n) is 4.86. The van der Waals surface area contributed by atoms with Crippen LogP contribution in [0.2, 0.25) is 0 Å². The van der Waals surface area contributed by atoms with E-state index in [0.717, 1.165) is 28.2 Å². The van der Waals surface area contributed by atoms with Gasteiger partial charge < -0.3 is 0 Å². The van der Waals surface area contributed by atoms with Crippen LogP contribution in [0.5, 0.6) is 5.75 Å². The molecule has 3 heterocycles. The molecule has 0 N–H and O–H groups in total. The number of aromatic nitrogens is 4. The van der Waals surface area contributed by atoms with E-state index in [9.17, 15) is 4.79 Å². The summed E-state index contributed by atoms with van der Waals surface area (Å²) >= 11 is -0.148. The summed E-state index contributed by atoms with van der Waals surface area (Å²) in [4.78, 5) is 19.7. The molecule has 0 aliphatic heterocycles. The molecule has 0 saturated heterocycles. The quantitative estimate of drug-likeness (QED) is 0.303. The Morgan fingerprint density at radius 1 is 1.11 bits per heavy atom. The van der Waals surface area contributed by atoms with Crippen molar-refractivity contribution in [2.24, 2.45) is 0 Å². The summed E-state index contributed by atoms with van der Waals surface area (Å²) in [6, 6.07) is 11.6. The first-order valence-electron chi connectivity index (χ1n) is 8.76. The molecule has 0 amide bonds. The van der Waals surface area contributed by atoms with Gasteiger partial charge in [-0.15, -0.1) is 0 Å². The number of methoxy groups -OCH3 is 1. The number of benzene rings is 1. The Morgan fingerprint density at radius 3 is 2.61 bits per heavy atom. The molecule has 0 aliphatic carbocycles. The van der Waals surface area contributed by atoms with Gasteiger partial charge in [0.25, 0.3) is 0 Å². The normalized spacial score (nSPS) is 11.3. The second kappa shape index (κ2) is 7.38. The molecule has 0 spiro atoms. The van der Waals surface area contributed by atoms with Gasteiger partial charge in [-0.1, -0.05) is 0 Å². The maximum absolute atomic E-state index is 13.3. The first-order valence-corrected chi connectivity index (χ1v) is 12.0. The summed E-state index contributed by atoms with van der Waals surface area (Å²) in [5.41, 5.74) is 2.81. The van der Waals surface area contributed by atoms with Gasteiger partial charge in [0.2, 0.25) is 0 Å². The summed E-state index contributed by atoms with van der Waals surface area (Å²) < 4.78 is 10.2. The maximum atomic E-state index is 13.3. The first kappa shape index (κ1) is 18.7. The standard InChI is InChI=1S/C21H20IN4O2/c1-13-16-12-24-26(19-7-5-6-10-23-19)21(27)20(16)14(2)25(13)18-11-15(28-4)8-9-17(18)22-3/h5-12H,1-4H3/q-1. The van der Waals surface area contributed by atoms with Crippen LogP contribution in [0.4, 0.5) is 0 Å². The van der Waals surface area contributed by atoms with Crippen molar-refractivity contribution in [3.63, 3.8) is 0 Å². The Kier molecular flexibility index (Phi) is 4.92. The van der Waals surface area contributed by atoms with Crippen molar-refractivity contribution in [3.05, 3.63) is 74.1 Å². The molecule has 0 unspecified atom stereocenters. The van der Waals surface area contributed by atoms with Crippen molar-refractivity contribution in [3.8, 4) is 17.3 Å². The Balaban J connectivity index is 2.03. The minimum atomic E-state index is -0.161. The number of halogens is 1. The number of hydrogen-bond acceptors (Lipinski definition) is 4. The molecule has 0 radical (unpaired) electrons. The molecule has 0 aliphatic rings. The van der Waals surface area contributed by atoms with Gasteiger partial charge in [-0.25, -0.2) is 0 Å². The van der Waals surface area contributed by atoms with Crippen LogP contribution in [0.25, 0.3) is 22.3 Å². The monoisotopic (exact) mass is 487 g/mol. The van der Waals surface area contributed by atoms with Crippen LogP contribution in [0.1, 0.15) is 11.4 Å². The zero-order chi connectivity index (χ0) is 19.8. The number of hydrogen-bond donors (Lipinski definition) is 0. The van der Waals surface area contributed by atoms with Gasteiger partial charge in [0, 0.05) is 0 Å². The molecule has 3 aromatic heterocycles. The Hall–Kier alpha value is -2.68. The number of nitrogens with zero attached hydrogens (tertiary/aromatic N) is 4. The van der Waals surface area contributed by atoms with Crippen molar-refractivity contribution in [2.75, 3.05) is 12.0 Å². The van der Waals surface area contributed by atoms with Crippen molar-refractivity contribution in [1.29, 1.82) is 0 Å². The molecule has 4 aromatic rings. The Morgan fingerprint density at radius 2 is 1.93 bits per heavy atom. The van der Waals surface area contributed by atoms with Crippen molar-refractivity contribution >= 4 is 10.8 Å². The van der Waals surface area contributed by atoms with Gasteiger partial charge in [0.1, 0.15) is 0 Å². The van der Waals surface area contributed by atoms with Gasteiger partial charge >= 0.3 is 173 Å². The Bertz CT molecular complexity index is 1230. The molecule has 28 heavy (non-hydrogen) atoms. The molecule has 144 valence electrons. The second-order valence-electron chi connectivity index (χ2n) is 6.35. The van der Waals surface area contributed by atoms with Crippen LogP contribution >= 0.6 is 0 Å². The number of rotatable bonds is 4. The molecule has 0 bridgehead atoms. The predicted octanol–water partition coefficient (Wildman–Crippen LogP) is 0.0852. The van der Waals surface area contributed by atoms with Gasteiger partial charge in [-0.3, -0.25) is 0 Å². The molecule has 0 atom stereocenters. The van der Waals surface area contributed by atoms with Gasteiger partial charge in [-0.2, -0.15) is 0 Å². The van der Waals surface area contributed by atoms with Crippen LogP contribution in [0, 0.1) is 17.4 Å². The van der Waals surface area contributed by atoms with E-state index in [0.29, 0.717) is 11.2 Å². The fourth-order valence-corrected chi connectivity index (χ4v) is 5.00. The molecule has 6 nitrogen and oxygen atoms in total. The summed E-state index contributed by atoms with van der Waals surface area (Å²) in [7, 11) is 1.67. The van der Waals surface area contributed by atoms with Gasteiger partial charge in [-0.05, 0) is 0 Å². The number of aryl methyl sites for hydroxylation is 2. The fourth-order valence-electron chi connectivity index (χ4n) is 3.52. The number of fused-ring (bicyclic) bond motifs is 1. The van der Waals surface area contributed by atoms with Gasteiger partial charge in [0.05, 0.1) is 0 Å². The van der Waals surface area contributed by atoms with Crippen molar-refractivity contribution < 1.29 is 25.9 Å². The second-order valence-corrected chi connectivity index (χ2v) is 8.59. The zero-order valence-corrected chi connectivity index (χ0v) is 18.3. The number of ether oxygens (including phenoxy) is 1. The summed E-state index contributed by atoms with van der Waals surface area (Å²) in [5.74, 6) is 1.32. The summed E-state index contributed by atoms with van der Waals surface area (Å²) in [5, 5.41) is 5.90. The number of pyridine rings is 1. The minimum absolute atomic E-state index is 0.148. The van der Waals surface area contributed by atoms with Crippen LogP contribution in [-0.2, 0) is 0 Å².